The van der Waals surface area contributed by atoms with Crippen LogP contribution in [-0.2, 0) is 16.0 Å². The number of halogens is 1. The highest BCUT2D eigenvalue weighted by Gasteiger charge is 2.13. The summed E-state index contributed by atoms with van der Waals surface area (Å²) in [4.78, 5) is 28.6. The van der Waals surface area contributed by atoms with Crippen LogP contribution in [0.4, 0.5) is 10.8 Å². The number of aryl methyl sites for hydroxylation is 1. The van der Waals surface area contributed by atoms with Crippen LogP contribution in [0.2, 0.25) is 5.02 Å². The fraction of sp³-hybridized carbons (Fsp3) is 0.182. The number of hydrogen-bond acceptors (Lipinski definition) is 9. The van der Waals surface area contributed by atoms with Gasteiger partial charge in [0.1, 0.15) is 0 Å². The Morgan fingerprint density at radius 2 is 1.74 bits per heavy atom. The molecule has 0 spiro atoms. The van der Waals surface area contributed by atoms with E-state index in [1.165, 1.54) is 23.1 Å². The lowest BCUT2D eigenvalue weighted by Gasteiger charge is -2.03. The van der Waals surface area contributed by atoms with Gasteiger partial charge in [-0.1, -0.05) is 58.1 Å². The minimum absolute atomic E-state index is 0.0722. The highest BCUT2D eigenvalue weighted by molar-refractivity contribution is 8.01. The van der Waals surface area contributed by atoms with Gasteiger partial charge in [0, 0.05) is 41.3 Å². The number of amides is 2. The van der Waals surface area contributed by atoms with Crippen LogP contribution in [0, 0.1) is 0 Å². The zero-order valence-electron chi connectivity index (χ0n) is 17.7. The lowest BCUT2D eigenvalue weighted by Crippen LogP contribution is -2.12. The Morgan fingerprint density at radius 1 is 0.971 bits per heavy atom. The molecule has 34 heavy (non-hydrogen) atoms. The molecule has 9 nitrogen and oxygen atoms in total. The molecular formula is C22H19ClN6O3S2. The van der Waals surface area contributed by atoms with Gasteiger partial charge >= 0.3 is 0 Å². The monoisotopic (exact) mass is 514 g/mol. The van der Waals surface area contributed by atoms with Gasteiger partial charge in [-0.05, 0) is 36.4 Å². The Bertz CT molecular complexity index is 1250. The number of aromatic nitrogens is 4. The lowest BCUT2D eigenvalue weighted by atomic mass is 10.2. The van der Waals surface area contributed by atoms with Gasteiger partial charge in [-0.25, -0.2) is 0 Å². The molecule has 2 heterocycles. The molecule has 174 valence electrons. The van der Waals surface area contributed by atoms with Crippen LogP contribution in [0.5, 0.6) is 0 Å². The molecule has 4 aromatic rings. The van der Waals surface area contributed by atoms with Crippen LogP contribution in [0.1, 0.15) is 18.7 Å². The Morgan fingerprint density at radius 3 is 2.53 bits per heavy atom. The maximum Gasteiger partial charge on any atom is 0.227 e. The summed E-state index contributed by atoms with van der Waals surface area (Å²) >= 11 is 8.55. The van der Waals surface area contributed by atoms with Crippen molar-refractivity contribution in [3.63, 3.8) is 0 Å². The summed E-state index contributed by atoms with van der Waals surface area (Å²) < 4.78 is 5.89. The number of carbonyl (C=O) groups is 2. The molecule has 0 unspecified atom stereocenters. The Kier molecular flexibility index (Phi) is 8.23. The molecule has 0 aliphatic heterocycles. The average Bonchev–Trinajstić information content (AvgIpc) is 3.49. The van der Waals surface area contributed by atoms with Crippen molar-refractivity contribution in [2.45, 2.75) is 23.6 Å². The first-order valence-corrected chi connectivity index (χ1v) is 12.4. The molecule has 4 rings (SSSR count). The van der Waals surface area contributed by atoms with Crippen LogP contribution < -0.4 is 10.6 Å². The molecule has 0 aliphatic carbocycles. The minimum Gasteiger partial charge on any atom is -0.339 e. The summed E-state index contributed by atoms with van der Waals surface area (Å²) in [7, 11) is 0. The third-order valence-corrected chi connectivity index (χ3v) is 6.63. The molecule has 0 aliphatic rings. The molecule has 2 N–H and O–H groups in total. The van der Waals surface area contributed by atoms with Gasteiger partial charge < -0.3 is 15.2 Å². The number of benzene rings is 2. The van der Waals surface area contributed by atoms with E-state index in [9.17, 15) is 9.59 Å². The van der Waals surface area contributed by atoms with E-state index in [-0.39, 0.29) is 18.2 Å². The highest BCUT2D eigenvalue weighted by Crippen LogP contribution is 2.26. The first-order valence-electron chi connectivity index (χ1n) is 10.2. The third-order valence-electron chi connectivity index (χ3n) is 4.40. The van der Waals surface area contributed by atoms with Gasteiger partial charge in [-0.2, -0.15) is 4.98 Å². The average molecular weight is 515 g/mol. The molecule has 2 aromatic carbocycles. The minimum atomic E-state index is -0.235. The third kappa shape index (κ3) is 7.11. The number of thioether (sulfide) groups is 1. The largest absolute Gasteiger partial charge is 0.339 e. The van der Waals surface area contributed by atoms with Crippen LogP contribution in [-0.4, -0.2) is 37.9 Å². The van der Waals surface area contributed by atoms with Crippen molar-refractivity contribution < 1.29 is 14.1 Å². The normalized spacial score (nSPS) is 10.7. The first-order chi connectivity index (χ1) is 16.5. The Labute approximate surface area is 208 Å². The van der Waals surface area contributed by atoms with Gasteiger partial charge in [0.15, 0.2) is 4.34 Å². The van der Waals surface area contributed by atoms with Crippen LogP contribution >= 0.6 is 34.7 Å². The topological polar surface area (TPSA) is 123 Å². The van der Waals surface area contributed by atoms with Crippen LogP contribution in [0.3, 0.4) is 0 Å². The van der Waals surface area contributed by atoms with Gasteiger partial charge in [0.05, 0.1) is 0 Å². The van der Waals surface area contributed by atoms with E-state index in [0.29, 0.717) is 44.8 Å². The second-order valence-corrected chi connectivity index (χ2v) is 9.71. The fourth-order valence-corrected chi connectivity index (χ4v) is 4.67. The molecule has 0 saturated heterocycles. The molecule has 12 heteroatoms. The molecule has 2 aromatic heterocycles. The second kappa shape index (κ2) is 11.7. The standard InChI is InChI=1S/C22H19ClN6O3S2/c23-15-8-6-14(7-9-15)20-26-19(32-29-20)11-10-17(30)25-21-27-28-22(34-21)33-13-12-18(31)24-16-4-2-1-3-5-16/h1-9H,10-13H2,(H,24,31)(H,25,27,30). The zero-order chi connectivity index (χ0) is 23.8. The summed E-state index contributed by atoms with van der Waals surface area (Å²) in [5.41, 5.74) is 1.54. The SMILES string of the molecule is O=C(CCSc1nnc(NC(=O)CCc2nc(-c3ccc(Cl)cc3)no2)s1)Nc1ccccc1. The van der Waals surface area contributed by atoms with Crippen LogP contribution in [0.25, 0.3) is 11.4 Å². The Balaban J connectivity index is 1.18. The smallest absolute Gasteiger partial charge is 0.227 e. The lowest BCUT2D eigenvalue weighted by molar-refractivity contribution is -0.116. The molecular weight excluding hydrogens is 496 g/mol. The highest BCUT2D eigenvalue weighted by atomic mass is 35.5. The van der Waals surface area contributed by atoms with Gasteiger partial charge in [0.25, 0.3) is 0 Å². The van der Waals surface area contributed by atoms with Crippen LogP contribution in [0.15, 0.2) is 63.5 Å². The van der Waals surface area contributed by atoms with E-state index in [4.69, 9.17) is 16.1 Å². The van der Waals surface area contributed by atoms with Crippen molar-refractivity contribution in [3.05, 3.63) is 65.5 Å². The number of carbonyl (C=O) groups excluding carboxylic acids is 2. The van der Waals surface area contributed by atoms with Crippen molar-refractivity contribution in [1.29, 1.82) is 0 Å². The van der Waals surface area contributed by atoms with E-state index >= 15 is 0 Å². The van der Waals surface area contributed by atoms with Crippen molar-refractivity contribution >= 4 is 57.3 Å². The molecule has 0 saturated carbocycles. The fourth-order valence-electron chi connectivity index (χ4n) is 2.77. The number of anilines is 2. The summed E-state index contributed by atoms with van der Waals surface area (Å²) in [6, 6.07) is 16.4. The molecule has 0 radical (unpaired) electrons. The second-order valence-electron chi connectivity index (χ2n) is 6.95. The maximum absolute atomic E-state index is 12.2. The van der Waals surface area contributed by atoms with Gasteiger partial charge in [-0.15, -0.1) is 10.2 Å². The predicted molar refractivity (Wildman–Crippen MR) is 132 cm³/mol. The summed E-state index contributed by atoms with van der Waals surface area (Å²) in [5, 5.41) is 18.5. The first kappa shape index (κ1) is 23.9. The van der Waals surface area contributed by atoms with E-state index in [1.807, 2.05) is 30.3 Å². The molecule has 0 atom stereocenters. The number of rotatable bonds is 10. The van der Waals surface area contributed by atoms with Crippen molar-refractivity contribution in [1.82, 2.24) is 20.3 Å². The predicted octanol–water partition coefficient (Wildman–Crippen LogP) is 4.93. The summed E-state index contributed by atoms with van der Waals surface area (Å²) in [6.07, 6.45) is 0.788. The number of nitrogens with one attached hydrogen (secondary N) is 2. The zero-order valence-corrected chi connectivity index (χ0v) is 20.1. The number of nitrogens with zero attached hydrogens (tertiary/aromatic N) is 4. The number of hydrogen-bond donors (Lipinski definition) is 2. The molecule has 0 bridgehead atoms. The molecule has 0 fully saturated rings. The van der Waals surface area contributed by atoms with E-state index in [1.54, 1.807) is 24.3 Å². The Hall–Kier alpha value is -3.28. The number of para-hydroxylation sites is 1. The van der Waals surface area contributed by atoms with Crippen molar-refractivity contribution in [3.8, 4) is 11.4 Å². The van der Waals surface area contributed by atoms with Gasteiger partial charge in [-0.3, -0.25) is 9.59 Å². The molecule has 2 amide bonds. The maximum atomic E-state index is 12.2. The van der Waals surface area contributed by atoms with Gasteiger partial charge in [0.2, 0.25) is 28.7 Å². The quantitative estimate of drug-likeness (QED) is 0.225. The van der Waals surface area contributed by atoms with Crippen molar-refractivity contribution in [2.24, 2.45) is 0 Å². The van der Waals surface area contributed by atoms with E-state index < -0.39 is 0 Å². The van der Waals surface area contributed by atoms with E-state index in [0.717, 1.165) is 11.3 Å². The summed E-state index contributed by atoms with van der Waals surface area (Å²) in [6.45, 7) is 0. The van der Waals surface area contributed by atoms with E-state index in [2.05, 4.69) is 31.0 Å². The van der Waals surface area contributed by atoms with Crippen molar-refractivity contribution in [2.75, 3.05) is 16.4 Å². The summed E-state index contributed by atoms with van der Waals surface area (Å²) in [5.74, 6) is 1.05.